The minimum absolute atomic E-state index is 0.116. The van der Waals surface area contributed by atoms with Crippen LogP contribution in [0.25, 0.3) is 0 Å². The van der Waals surface area contributed by atoms with Crippen LogP contribution in [0.15, 0.2) is 30.3 Å². The Balaban J connectivity index is 2.52. The third-order valence-electron chi connectivity index (χ3n) is 2.33. The van der Waals surface area contributed by atoms with Crippen LogP contribution in [0.2, 0.25) is 0 Å². The van der Waals surface area contributed by atoms with E-state index < -0.39 is 0 Å². The van der Waals surface area contributed by atoms with E-state index in [1.54, 1.807) is 14.2 Å². The molecule has 0 saturated heterocycles. The number of benzene rings is 1. The first-order valence-corrected chi connectivity index (χ1v) is 4.87. The van der Waals surface area contributed by atoms with Crippen LogP contribution >= 0.6 is 0 Å². The van der Waals surface area contributed by atoms with Crippen molar-refractivity contribution in [3.63, 3.8) is 0 Å². The van der Waals surface area contributed by atoms with Crippen LogP contribution in [-0.4, -0.2) is 20.5 Å². The van der Waals surface area contributed by atoms with Crippen molar-refractivity contribution in [1.29, 1.82) is 0 Å². The van der Waals surface area contributed by atoms with Crippen molar-refractivity contribution < 1.29 is 9.47 Å². The van der Waals surface area contributed by atoms with Gasteiger partial charge < -0.3 is 9.47 Å². The molecule has 0 spiro atoms. The highest BCUT2D eigenvalue weighted by Gasteiger charge is 2.15. The summed E-state index contributed by atoms with van der Waals surface area (Å²) in [7, 11) is 3.35. The van der Waals surface area contributed by atoms with E-state index in [1.165, 1.54) is 5.56 Å². The summed E-state index contributed by atoms with van der Waals surface area (Å²) in [5, 5.41) is 0. The van der Waals surface area contributed by atoms with Gasteiger partial charge in [0.1, 0.15) is 0 Å². The predicted molar refractivity (Wildman–Crippen MR) is 57.1 cm³/mol. The third-order valence-corrected chi connectivity index (χ3v) is 2.33. The number of hydrogen-bond acceptors (Lipinski definition) is 2. The first-order chi connectivity index (χ1) is 6.77. The summed E-state index contributed by atoms with van der Waals surface area (Å²) in [5.41, 5.74) is 1.32. The lowest BCUT2D eigenvalue weighted by Gasteiger charge is -2.20. The van der Waals surface area contributed by atoms with Crippen LogP contribution in [0.5, 0.6) is 0 Å². The zero-order valence-electron chi connectivity index (χ0n) is 9.07. The van der Waals surface area contributed by atoms with Crippen molar-refractivity contribution in [3.05, 3.63) is 35.9 Å². The van der Waals surface area contributed by atoms with Gasteiger partial charge in [-0.25, -0.2) is 0 Å². The second kappa shape index (κ2) is 5.78. The van der Waals surface area contributed by atoms with Gasteiger partial charge in [0.2, 0.25) is 0 Å². The highest BCUT2D eigenvalue weighted by molar-refractivity contribution is 5.15. The maximum atomic E-state index is 5.21. The average Bonchev–Trinajstić information content (AvgIpc) is 2.21. The molecular formula is C12H18O2. The van der Waals surface area contributed by atoms with E-state index in [0.717, 1.165) is 6.42 Å². The van der Waals surface area contributed by atoms with Crippen molar-refractivity contribution in [2.24, 2.45) is 5.92 Å². The first-order valence-electron chi connectivity index (χ1n) is 4.87. The number of hydrogen-bond donors (Lipinski definition) is 0. The zero-order chi connectivity index (χ0) is 10.4. The molecule has 0 radical (unpaired) electrons. The maximum absolute atomic E-state index is 5.21. The van der Waals surface area contributed by atoms with Gasteiger partial charge in [0.15, 0.2) is 6.29 Å². The van der Waals surface area contributed by atoms with Crippen LogP contribution in [0, 0.1) is 5.92 Å². The van der Waals surface area contributed by atoms with Crippen molar-refractivity contribution in [2.45, 2.75) is 19.6 Å². The molecule has 0 N–H and O–H groups in total. The van der Waals surface area contributed by atoms with E-state index in [2.05, 4.69) is 31.2 Å². The van der Waals surface area contributed by atoms with E-state index in [9.17, 15) is 0 Å². The normalized spacial score (nSPS) is 13.1. The largest absolute Gasteiger partial charge is 0.356 e. The fourth-order valence-corrected chi connectivity index (χ4v) is 1.64. The highest BCUT2D eigenvalue weighted by Crippen LogP contribution is 2.14. The summed E-state index contributed by atoms with van der Waals surface area (Å²) in [5.74, 6) is 0.368. The van der Waals surface area contributed by atoms with E-state index in [0.29, 0.717) is 5.92 Å². The SMILES string of the molecule is COC(OC)C(C)Cc1ccccc1. The molecule has 2 heteroatoms. The van der Waals surface area contributed by atoms with Gasteiger partial charge in [-0.3, -0.25) is 0 Å². The van der Waals surface area contributed by atoms with E-state index in [1.807, 2.05) is 6.07 Å². The average molecular weight is 194 g/mol. The van der Waals surface area contributed by atoms with Crippen LogP contribution in [-0.2, 0) is 15.9 Å². The topological polar surface area (TPSA) is 18.5 Å². The minimum Gasteiger partial charge on any atom is -0.356 e. The van der Waals surface area contributed by atoms with Crippen LogP contribution in [0.1, 0.15) is 12.5 Å². The fourth-order valence-electron chi connectivity index (χ4n) is 1.64. The van der Waals surface area contributed by atoms with Gasteiger partial charge >= 0.3 is 0 Å². The van der Waals surface area contributed by atoms with Crippen LogP contribution in [0.3, 0.4) is 0 Å². The van der Waals surface area contributed by atoms with Gasteiger partial charge in [0.05, 0.1) is 0 Å². The molecule has 2 nitrogen and oxygen atoms in total. The molecule has 1 rings (SSSR count). The van der Waals surface area contributed by atoms with Crippen molar-refractivity contribution in [1.82, 2.24) is 0 Å². The minimum atomic E-state index is -0.116. The summed E-state index contributed by atoms with van der Waals surface area (Å²) < 4.78 is 10.4. The van der Waals surface area contributed by atoms with Crippen LogP contribution in [0.4, 0.5) is 0 Å². The maximum Gasteiger partial charge on any atom is 0.159 e. The van der Waals surface area contributed by atoms with E-state index in [-0.39, 0.29) is 6.29 Å². The summed E-state index contributed by atoms with van der Waals surface area (Å²) in [4.78, 5) is 0. The first kappa shape index (κ1) is 11.2. The molecule has 0 fully saturated rings. The molecule has 0 heterocycles. The molecule has 0 bridgehead atoms. The summed E-state index contributed by atoms with van der Waals surface area (Å²) in [6.45, 7) is 2.13. The molecule has 1 aromatic carbocycles. The van der Waals surface area contributed by atoms with Gasteiger partial charge in [-0.1, -0.05) is 37.3 Å². The molecule has 1 unspecified atom stereocenters. The van der Waals surface area contributed by atoms with Gasteiger partial charge in [-0.15, -0.1) is 0 Å². The second-order valence-electron chi connectivity index (χ2n) is 3.51. The van der Waals surface area contributed by atoms with Crippen molar-refractivity contribution in [2.75, 3.05) is 14.2 Å². The summed E-state index contributed by atoms with van der Waals surface area (Å²) >= 11 is 0. The summed E-state index contributed by atoms with van der Waals surface area (Å²) in [6.07, 6.45) is 0.864. The fraction of sp³-hybridized carbons (Fsp3) is 0.500. The van der Waals surface area contributed by atoms with E-state index in [4.69, 9.17) is 9.47 Å². The smallest absolute Gasteiger partial charge is 0.159 e. The third kappa shape index (κ3) is 3.13. The quantitative estimate of drug-likeness (QED) is 0.670. The Labute approximate surface area is 85.8 Å². The molecule has 14 heavy (non-hydrogen) atoms. The van der Waals surface area contributed by atoms with Gasteiger partial charge in [-0.2, -0.15) is 0 Å². The standard InChI is InChI=1S/C12H18O2/c1-10(12(13-2)14-3)9-11-7-5-4-6-8-11/h4-8,10,12H,9H2,1-3H3. The lowest BCUT2D eigenvalue weighted by molar-refractivity contribution is -0.132. The number of methoxy groups -OCH3 is 2. The number of ether oxygens (including phenoxy) is 2. The lowest BCUT2D eigenvalue weighted by Crippen LogP contribution is -2.24. The highest BCUT2D eigenvalue weighted by atomic mass is 16.7. The molecule has 0 aliphatic rings. The number of rotatable bonds is 5. The Morgan fingerprint density at radius 3 is 2.14 bits per heavy atom. The van der Waals surface area contributed by atoms with Gasteiger partial charge in [0.25, 0.3) is 0 Å². The molecule has 0 saturated carbocycles. The molecular weight excluding hydrogens is 176 g/mol. The molecule has 1 aromatic rings. The zero-order valence-corrected chi connectivity index (χ0v) is 9.07. The van der Waals surface area contributed by atoms with Crippen LogP contribution < -0.4 is 0 Å². The Bertz CT molecular complexity index is 242. The molecule has 0 aromatic heterocycles. The monoisotopic (exact) mass is 194 g/mol. The predicted octanol–water partition coefficient (Wildman–Crippen LogP) is 2.48. The molecule has 0 aliphatic heterocycles. The Kier molecular flexibility index (Phi) is 4.63. The van der Waals surface area contributed by atoms with Crippen molar-refractivity contribution in [3.8, 4) is 0 Å². The summed E-state index contributed by atoms with van der Waals surface area (Å²) in [6, 6.07) is 10.4. The Hall–Kier alpha value is -0.860. The van der Waals surface area contributed by atoms with Gasteiger partial charge in [0, 0.05) is 20.1 Å². The Morgan fingerprint density at radius 1 is 1.07 bits per heavy atom. The molecule has 0 aliphatic carbocycles. The second-order valence-corrected chi connectivity index (χ2v) is 3.51. The van der Waals surface area contributed by atoms with Gasteiger partial charge in [-0.05, 0) is 12.0 Å². The van der Waals surface area contributed by atoms with E-state index >= 15 is 0 Å². The molecule has 78 valence electrons. The Morgan fingerprint density at radius 2 is 1.64 bits per heavy atom. The van der Waals surface area contributed by atoms with Crippen molar-refractivity contribution >= 4 is 0 Å². The molecule has 0 amide bonds. The lowest BCUT2D eigenvalue weighted by atomic mass is 10.0. The molecule has 1 atom stereocenters.